The molecule has 24 heavy (non-hydrogen) atoms. The lowest BCUT2D eigenvalue weighted by molar-refractivity contribution is -0.120. The zero-order valence-electron chi connectivity index (χ0n) is 13.0. The SMILES string of the molecule is CCOCC(=O)Nc1nnc(CCNC(=O)c2cccc(Br)c2)s1. The van der Waals surface area contributed by atoms with Gasteiger partial charge in [-0.15, -0.1) is 10.2 Å². The lowest BCUT2D eigenvalue weighted by Crippen LogP contribution is -2.25. The van der Waals surface area contributed by atoms with Crippen molar-refractivity contribution in [3.63, 3.8) is 0 Å². The highest BCUT2D eigenvalue weighted by Gasteiger charge is 2.09. The number of hydrogen-bond acceptors (Lipinski definition) is 6. The molecule has 0 unspecified atom stereocenters. The van der Waals surface area contributed by atoms with Gasteiger partial charge < -0.3 is 10.1 Å². The monoisotopic (exact) mass is 412 g/mol. The van der Waals surface area contributed by atoms with E-state index < -0.39 is 0 Å². The minimum absolute atomic E-state index is 0.00585. The highest BCUT2D eigenvalue weighted by molar-refractivity contribution is 9.10. The molecule has 0 fully saturated rings. The molecule has 2 amide bonds. The molecule has 0 radical (unpaired) electrons. The van der Waals surface area contributed by atoms with Crippen LogP contribution in [0.25, 0.3) is 0 Å². The molecule has 2 rings (SSSR count). The molecule has 0 saturated heterocycles. The standard InChI is InChI=1S/C15H17BrN4O3S/c1-2-23-9-12(21)18-15-20-19-13(24-15)6-7-17-14(22)10-4-3-5-11(16)8-10/h3-5,8H,2,6-7,9H2,1H3,(H,17,22)(H,18,20,21). The molecule has 9 heteroatoms. The number of hydrogen-bond donors (Lipinski definition) is 2. The van der Waals surface area contributed by atoms with E-state index >= 15 is 0 Å². The maximum absolute atomic E-state index is 12.0. The summed E-state index contributed by atoms with van der Waals surface area (Å²) in [5.41, 5.74) is 0.588. The van der Waals surface area contributed by atoms with E-state index in [4.69, 9.17) is 4.74 Å². The zero-order valence-corrected chi connectivity index (χ0v) is 15.4. The van der Waals surface area contributed by atoms with E-state index in [-0.39, 0.29) is 18.4 Å². The Kier molecular flexibility index (Phi) is 7.29. The summed E-state index contributed by atoms with van der Waals surface area (Å²) in [6.07, 6.45) is 0.540. The highest BCUT2D eigenvalue weighted by Crippen LogP contribution is 2.15. The minimum Gasteiger partial charge on any atom is -0.372 e. The smallest absolute Gasteiger partial charge is 0.252 e. The van der Waals surface area contributed by atoms with Gasteiger partial charge in [0.05, 0.1) is 0 Å². The minimum atomic E-state index is -0.262. The third-order valence-electron chi connectivity index (χ3n) is 2.86. The highest BCUT2D eigenvalue weighted by atomic mass is 79.9. The quantitative estimate of drug-likeness (QED) is 0.693. The van der Waals surface area contributed by atoms with Crippen LogP contribution in [-0.4, -0.2) is 41.8 Å². The van der Waals surface area contributed by atoms with Gasteiger partial charge in [0.15, 0.2) is 0 Å². The summed E-state index contributed by atoms with van der Waals surface area (Å²) in [5, 5.41) is 14.5. The molecule has 2 aromatic rings. The molecule has 0 bridgehead atoms. The van der Waals surface area contributed by atoms with Crippen molar-refractivity contribution in [2.75, 3.05) is 25.1 Å². The Morgan fingerprint density at radius 3 is 2.92 bits per heavy atom. The third kappa shape index (κ3) is 5.99. The molecule has 2 N–H and O–H groups in total. The molecule has 1 aromatic carbocycles. The van der Waals surface area contributed by atoms with Crippen LogP contribution in [0.5, 0.6) is 0 Å². The Labute approximate surface area is 151 Å². The van der Waals surface area contributed by atoms with Gasteiger partial charge in [0.2, 0.25) is 5.13 Å². The number of nitrogens with zero attached hydrogens (tertiary/aromatic N) is 2. The molecule has 128 valence electrons. The van der Waals surface area contributed by atoms with E-state index in [1.54, 1.807) is 18.2 Å². The van der Waals surface area contributed by atoms with Crippen molar-refractivity contribution in [2.24, 2.45) is 0 Å². The summed E-state index contributed by atoms with van der Waals surface area (Å²) in [6, 6.07) is 7.17. The van der Waals surface area contributed by atoms with E-state index in [2.05, 4.69) is 36.8 Å². The van der Waals surface area contributed by atoms with Gasteiger partial charge in [0, 0.05) is 29.6 Å². The molecule has 1 heterocycles. The van der Waals surface area contributed by atoms with Crippen molar-refractivity contribution in [1.82, 2.24) is 15.5 Å². The van der Waals surface area contributed by atoms with Crippen LogP contribution in [0.3, 0.4) is 0 Å². The normalized spacial score (nSPS) is 10.4. The summed E-state index contributed by atoms with van der Waals surface area (Å²) >= 11 is 4.61. The summed E-state index contributed by atoms with van der Waals surface area (Å²) in [6.45, 7) is 2.73. The second kappa shape index (κ2) is 9.45. The summed E-state index contributed by atoms with van der Waals surface area (Å²) in [5.74, 6) is -0.409. The van der Waals surface area contributed by atoms with Crippen molar-refractivity contribution in [1.29, 1.82) is 0 Å². The van der Waals surface area contributed by atoms with Crippen molar-refractivity contribution in [3.05, 3.63) is 39.3 Å². The Balaban J connectivity index is 1.77. The molecule has 0 saturated carbocycles. The average molecular weight is 413 g/mol. The van der Waals surface area contributed by atoms with Crippen molar-refractivity contribution >= 4 is 44.2 Å². The number of carbonyl (C=O) groups is 2. The lowest BCUT2D eigenvalue weighted by atomic mass is 10.2. The number of ether oxygens (including phenoxy) is 1. The van der Waals surface area contributed by atoms with E-state index in [1.165, 1.54) is 11.3 Å². The molecule has 0 spiro atoms. The average Bonchev–Trinajstić information content (AvgIpc) is 3.00. The first-order valence-corrected chi connectivity index (χ1v) is 8.93. The van der Waals surface area contributed by atoms with Gasteiger partial charge in [0.25, 0.3) is 11.8 Å². The Bertz CT molecular complexity index is 708. The summed E-state index contributed by atoms with van der Waals surface area (Å²) in [4.78, 5) is 23.5. The Hall–Kier alpha value is -1.84. The fourth-order valence-electron chi connectivity index (χ4n) is 1.77. The van der Waals surface area contributed by atoms with Crippen LogP contribution in [0.1, 0.15) is 22.3 Å². The van der Waals surface area contributed by atoms with Gasteiger partial charge >= 0.3 is 0 Å². The summed E-state index contributed by atoms with van der Waals surface area (Å²) < 4.78 is 5.86. The Morgan fingerprint density at radius 1 is 1.33 bits per heavy atom. The second-order valence-electron chi connectivity index (χ2n) is 4.70. The molecule has 0 aliphatic carbocycles. The van der Waals surface area contributed by atoms with Crippen LogP contribution in [0.4, 0.5) is 5.13 Å². The van der Waals surface area contributed by atoms with Gasteiger partial charge in [-0.3, -0.25) is 14.9 Å². The number of anilines is 1. The fraction of sp³-hybridized carbons (Fsp3) is 0.333. The van der Waals surface area contributed by atoms with E-state index in [1.807, 2.05) is 13.0 Å². The largest absolute Gasteiger partial charge is 0.372 e. The van der Waals surface area contributed by atoms with Gasteiger partial charge in [-0.05, 0) is 25.1 Å². The maximum Gasteiger partial charge on any atom is 0.252 e. The van der Waals surface area contributed by atoms with Crippen molar-refractivity contribution in [2.45, 2.75) is 13.3 Å². The third-order valence-corrected chi connectivity index (χ3v) is 4.25. The Morgan fingerprint density at radius 2 is 2.17 bits per heavy atom. The lowest BCUT2D eigenvalue weighted by Gasteiger charge is -2.04. The predicted molar refractivity (Wildman–Crippen MR) is 95.2 cm³/mol. The first-order chi connectivity index (χ1) is 11.6. The summed E-state index contributed by atoms with van der Waals surface area (Å²) in [7, 11) is 0. The van der Waals surface area contributed by atoms with Crippen LogP contribution in [0.2, 0.25) is 0 Å². The van der Waals surface area contributed by atoms with Crippen LogP contribution < -0.4 is 10.6 Å². The predicted octanol–water partition coefficient (Wildman–Crippen LogP) is 2.25. The number of nitrogens with one attached hydrogen (secondary N) is 2. The number of benzene rings is 1. The molecular weight excluding hydrogens is 396 g/mol. The van der Waals surface area contributed by atoms with Gasteiger partial charge in [-0.1, -0.05) is 33.3 Å². The van der Waals surface area contributed by atoms with Crippen molar-refractivity contribution in [3.8, 4) is 0 Å². The zero-order chi connectivity index (χ0) is 17.4. The molecule has 0 aliphatic rings. The van der Waals surface area contributed by atoms with Gasteiger partial charge in [-0.2, -0.15) is 0 Å². The molecular formula is C15H17BrN4O3S. The number of rotatable bonds is 8. The maximum atomic E-state index is 12.0. The van der Waals surface area contributed by atoms with E-state index in [0.717, 1.165) is 9.48 Å². The first-order valence-electron chi connectivity index (χ1n) is 7.32. The van der Waals surface area contributed by atoms with Crippen molar-refractivity contribution < 1.29 is 14.3 Å². The van der Waals surface area contributed by atoms with E-state index in [0.29, 0.717) is 30.3 Å². The van der Waals surface area contributed by atoms with Crippen LogP contribution in [-0.2, 0) is 16.0 Å². The number of carbonyl (C=O) groups excluding carboxylic acids is 2. The van der Waals surface area contributed by atoms with E-state index in [9.17, 15) is 9.59 Å². The second-order valence-corrected chi connectivity index (χ2v) is 6.68. The number of aromatic nitrogens is 2. The molecule has 0 aliphatic heterocycles. The molecule has 1 aromatic heterocycles. The van der Waals surface area contributed by atoms with Crippen LogP contribution >= 0.6 is 27.3 Å². The molecule has 0 atom stereocenters. The number of amides is 2. The molecule has 7 nitrogen and oxygen atoms in total. The number of halogens is 1. The topological polar surface area (TPSA) is 93.2 Å². The van der Waals surface area contributed by atoms with Crippen LogP contribution in [0, 0.1) is 0 Å². The van der Waals surface area contributed by atoms with Gasteiger partial charge in [0.1, 0.15) is 11.6 Å². The first kappa shape index (κ1) is 18.5. The fourth-order valence-corrected chi connectivity index (χ4v) is 2.92. The van der Waals surface area contributed by atoms with Crippen LogP contribution in [0.15, 0.2) is 28.7 Å². The van der Waals surface area contributed by atoms with Gasteiger partial charge in [-0.25, -0.2) is 0 Å².